The van der Waals surface area contributed by atoms with Crippen molar-refractivity contribution in [2.24, 2.45) is 0 Å². The third-order valence-electron chi connectivity index (χ3n) is 5.37. The van der Waals surface area contributed by atoms with Crippen LogP contribution in [0.3, 0.4) is 0 Å². The van der Waals surface area contributed by atoms with Gasteiger partial charge in [-0.05, 0) is 43.2 Å². The first kappa shape index (κ1) is 21.1. The Bertz CT molecular complexity index is 948. The number of hydrogen-bond acceptors (Lipinski definition) is 5. The Morgan fingerprint density at radius 2 is 1.77 bits per heavy atom. The maximum atomic E-state index is 12.9. The van der Waals surface area contributed by atoms with Crippen molar-refractivity contribution >= 4 is 29.0 Å². The summed E-state index contributed by atoms with van der Waals surface area (Å²) in [6.07, 6.45) is 1.06. The van der Waals surface area contributed by atoms with Crippen molar-refractivity contribution in [2.45, 2.75) is 24.0 Å². The van der Waals surface area contributed by atoms with Gasteiger partial charge in [0.1, 0.15) is 0 Å². The number of nitrogens with zero attached hydrogens (tertiary/aromatic N) is 3. The fraction of sp³-hybridized carbons (Fsp3) is 0.333. The Balaban J connectivity index is 1.23. The molecule has 4 nitrogen and oxygen atoms in total. The number of thioether (sulfide) groups is 1. The summed E-state index contributed by atoms with van der Waals surface area (Å²) in [7, 11) is 0. The highest BCUT2D eigenvalue weighted by Gasteiger charge is 2.21. The smallest absolute Gasteiger partial charge is 0.253 e. The van der Waals surface area contributed by atoms with E-state index in [0.29, 0.717) is 0 Å². The molecule has 1 aliphatic heterocycles. The summed E-state index contributed by atoms with van der Waals surface area (Å²) in [4.78, 5) is 23.0. The van der Waals surface area contributed by atoms with E-state index in [1.807, 2.05) is 36.1 Å². The fourth-order valence-electron chi connectivity index (χ4n) is 3.61. The van der Waals surface area contributed by atoms with Crippen molar-refractivity contribution in [1.29, 1.82) is 0 Å². The maximum absolute atomic E-state index is 12.9. The van der Waals surface area contributed by atoms with Crippen molar-refractivity contribution < 1.29 is 4.79 Å². The highest BCUT2D eigenvalue weighted by molar-refractivity contribution is 7.98. The van der Waals surface area contributed by atoms with Crippen molar-refractivity contribution in [3.63, 3.8) is 0 Å². The predicted molar refractivity (Wildman–Crippen MR) is 125 cm³/mol. The van der Waals surface area contributed by atoms with E-state index in [1.165, 1.54) is 10.5 Å². The summed E-state index contributed by atoms with van der Waals surface area (Å²) >= 11 is 3.44. The van der Waals surface area contributed by atoms with Crippen molar-refractivity contribution in [2.75, 3.05) is 32.7 Å². The van der Waals surface area contributed by atoms with Crippen LogP contribution < -0.4 is 0 Å². The Morgan fingerprint density at radius 3 is 2.43 bits per heavy atom. The Kier molecular flexibility index (Phi) is 7.20. The molecule has 0 unspecified atom stereocenters. The van der Waals surface area contributed by atoms with E-state index in [-0.39, 0.29) is 5.91 Å². The molecule has 30 heavy (non-hydrogen) atoms. The fourth-order valence-corrected chi connectivity index (χ4v) is 5.12. The molecule has 0 aliphatic carbocycles. The van der Waals surface area contributed by atoms with E-state index in [1.54, 1.807) is 23.1 Å². The molecule has 2 heterocycles. The van der Waals surface area contributed by atoms with E-state index in [2.05, 4.69) is 45.6 Å². The minimum absolute atomic E-state index is 0.143. The zero-order chi connectivity index (χ0) is 20.8. The number of piperazine rings is 1. The largest absolute Gasteiger partial charge is 0.336 e. The highest BCUT2D eigenvalue weighted by Crippen LogP contribution is 2.24. The number of hydrogen-bond donors (Lipinski definition) is 0. The molecular weight excluding hydrogens is 410 g/mol. The first-order valence-corrected chi connectivity index (χ1v) is 12.2. The lowest BCUT2D eigenvalue weighted by Crippen LogP contribution is -2.49. The zero-order valence-electron chi connectivity index (χ0n) is 17.3. The second-order valence-electron chi connectivity index (χ2n) is 7.54. The van der Waals surface area contributed by atoms with E-state index < -0.39 is 0 Å². The number of amides is 1. The van der Waals surface area contributed by atoms with Gasteiger partial charge >= 0.3 is 0 Å². The van der Waals surface area contributed by atoms with Crippen LogP contribution in [0.15, 0.2) is 64.9 Å². The molecule has 4 rings (SSSR count). The molecule has 0 N–H and O–H groups in total. The van der Waals surface area contributed by atoms with Gasteiger partial charge in [-0.2, -0.15) is 0 Å². The molecule has 0 spiro atoms. The predicted octanol–water partition coefficient (Wildman–Crippen LogP) is 4.74. The lowest BCUT2D eigenvalue weighted by molar-refractivity contribution is 0.0638. The molecule has 0 atom stereocenters. The molecule has 1 aliphatic rings. The lowest BCUT2D eigenvalue weighted by atomic mass is 10.1. The quantitative estimate of drug-likeness (QED) is 0.500. The molecule has 0 radical (unpaired) electrons. The van der Waals surface area contributed by atoms with Gasteiger partial charge in [0.2, 0.25) is 0 Å². The number of thiazole rings is 1. The first-order valence-electron chi connectivity index (χ1n) is 10.4. The summed E-state index contributed by atoms with van der Waals surface area (Å²) < 4.78 is 0. The van der Waals surface area contributed by atoms with Crippen LogP contribution in [-0.4, -0.2) is 53.4 Å². The minimum Gasteiger partial charge on any atom is -0.336 e. The van der Waals surface area contributed by atoms with Gasteiger partial charge in [0.25, 0.3) is 5.91 Å². The zero-order valence-corrected chi connectivity index (χ0v) is 18.9. The number of benzene rings is 2. The number of rotatable bonds is 7. The number of carbonyl (C=O) groups is 1. The molecule has 1 saturated heterocycles. The van der Waals surface area contributed by atoms with Gasteiger partial charge in [0.05, 0.1) is 10.7 Å². The number of aromatic nitrogens is 1. The van der Waals surface area contributed by atoms with Crippen LogP contribution in [0.2, 0.25) is 0 Å². The Labute approximate surface area is 186 Å². The normalized spacial score (nSPS) is 14.8. The number of carbonyl (C=O) groups excluding carboxylic acids is 1. The van der Waals surface area contributed by atoms with Crippen LogP contribution in [0.25, 0.3) is 0 Å². The standard InChI is InChI=1S/C24H27N3OS2/c1-19-25-22(17-29-19)18-30-23-9-7-21(8-10-23)24(28)27-15-13-26(14-16-27)12-11-20-5-3-2-4-6-20/h2-10,17H,11-16,18H2,1H3. The Morgan fingerprint density at radius 1 is 1.03 bits per heavy atom. The van der Waals surface area contributed by atoms with Gasteiger partial charge in [0, 0.05) is 54.3 Å². The number of aryl methyl sites for hydroxylation is 1. The van der Waals surface area contributed by atoms with Crippen molar-refractivity contribution in [1.82, 2.24) is 14.8 Å². The van der Waals surface area contributed by atoms with Crippen LogP contribution in [0.5, 0.6) is 0 Å². The first-order chi connectivity index (χ1) is 14.7. The molecule has 1 fully saturated rings. The lowest BCUT2D eigenvalue weighted by Gasteiger charge is -2.34. The highest BCUT2D eigenvalue weighted by atomic mass is 32.2. The molecule has 1 amide bonds. The average Bonchev–Trinajstić information content (AvgIpc) is 3.22. The van der Waals surface area contributed by atoms with Gasteiger partial charge in [-0.3, -0.25) is 9.69 Å². The van der Waals surface area contributed by atoms with Crippen LogP contribution >= 0.6 is 23.1 Å². The molecule has 2 aromatic carbocycles. The van der Waals surface area contributed by atoms with Crippen LogP contribution in [0, 0.1) is 6.92 Å². The maximum Gasteiger partial charge on any atom is 0.253 e. The SMILES string of the molecule is Cc1nc(CSc2ccc(C(=O)N3CCN(CCc4ccccc4)CC3)cc2)cs1. The van der Waals surface area contributed by atoms with Gasteiger partial charge in [-0.1, -0.05) is 30.3 Å². The van der Waals surface area contributed by atoms with Crippen LogP contribution in [0.4, 0.5) is 0 Å². The average molecular weight is 438 g/mol. The molecule has 6 heteroatoms. The van der Waals surface area contributed by atoms with Crippen molar-refractivity contribution in [3.8, 4) is 0 Å². The van der Waals surface area contributed by atoms with Gasteiger partial charge in [-0.15, -0.1) is 23.1 Å². The topological polar surface area (TPSA) is 36.4 Å². The molecule has 156 valence electrons. The summed E-state index contributed by atoms with van der Waals surface area (Å²) in [6.45, 7) is 6.57. The van der Waals surface area contributed by atoms with Gasteiger partial charge in [0.15, 0.2) is 0 Å². The van der Waals surface area contributed by atoms with Crippen LogP contribution in [0.1, 0.15) is 26.6 Å². The van der Waals surface area contributed by atoms with Gasteiger partial charge < -0.3 is 4.90 Å². The van der Waals surface area contributed by atoms with E-state index in [0.717, 1.165) is 61.2 Å². The third-order valence-corrected chi connectivity index (χ3v) is 7.24. The summed E-state index contributed by atoms with van der Waals surface area (Å²) in [6, 6.07) is 18.6. The van der Waals surface area contributed by atoms with E-state index in [9.17, 15) is 4.79 Å². The van der Waals surface area contributed by atoms with Gasteiger partial charge in [-0.25, -0.2) is 4.98 Å². The third kappa shape index (κ3) is 5.72. The summed E-state index contributed by atoms with van der Waals surface area (Å²) in [5.74, 6) is 1.01. The molecule has 3 aromatic rings. The molecular formula is C24H27N3OS2. The van der Waals surface area contributed by atoms with E-state index >= 15 is 0 Å². The van der Waals surface area contributed by atoms with E-state index in [4.69, 9.17) is 0 Å². The second-order valence-corrected chi connectivity index (χ2v) is 9.65. The van der Waals surface area contributed by atoms with Crippen LogP contribution in [-0.2, 0) is 12.2 Å². The van der Waals surface area contributed by atoms with Crippen molar-refractivity contribution in [3.05, 3.63) is 81.8 Å². The molecule has 1 aromatic heterocycles. The summed E-state index contributed by atoms with van der Waals surface area (Å²) in [5.41, 5.74) is 3.27. The monoisotopic (exact) mass is 437 g/mol. The summed E-state index contributed by atoms with van der Waals surface area (Å²) in [5, 5.41) is 3.21. The second kappa shape index (κ2) is 10.2. The molecule has 0 saturated carbocycles. The molecule has 0 bridgehead atoms. The minimum atomic E-state index is 0.143. The Hall–Kier alpha value is -2.15.